The van der Waals surface area contributed by atoms with Crippen molar-refractivity contribution in [3.63, 3.8) is 0 Å². The Balaban J connectivity index is 1.91. The first-order valence-electron chi connectivity index (χ1n) is 5.87. The van der Waals surface area contributed by atoms with Gasteiger partial charge in [0.15, 0.2) is 0 Å². The van der Waals surface area contributed by atoms with E-state index in [2.05, 4.69) is 20.9 Å². The molecule has 3 aromatic rings. The Morgan fingerprint density at radius 3 is 2.89 bits per heavy atom. The molecule has 3 rings (SSSR count). The lowest BCUT2D eigenvalue weighted by Crippen LogP contribution is -2.16. The summed E-state index contributed by atoms with van der Waals surface area (Å²) in [4.78, 5) is 12.0. The van der Waals surface area contributed by atoms with Crippen LogP contribution in [-0.4, -0.2) is 17.0 Å². The number of hydrogen-bond acceptors (Lipinski definition) is 4. The molecule has 96 valence electrons. The zero-order valence-corrected chi connectivity index (χ0v) is 11.9. The van der Waals surface area contributed by atoms with E-state index in [1.165, 1.54) is 4.88 Å². The van der Waals surface area contributed by atoms with Crippen molar-refractivity contribution in [2.24, 2.45) is 0 Å². The summed E-state index contributed by atoms with van der Waals surface area (Å²) in [6, 6.07) is 9.85. The Bertz CT molecular complexity index is 697. The summed E-state index contributed by atoms with van der Waals surface area (Å²) in [7, 11) is 2.03. The van der Waals surface area contributed by atoms with Gasteiger partial charge in [-0.05, 0) is 24.3 Å². The second-order valence-electron chi connectivity index (χ2n) is 4.33. The molecule has 0 radical (unpaired) electrons. The van der Waals surface area contributed by atoms with Crippen LogP contribution in [0.1, 0.15) is 4.88 Å². The maximum Gasteiger partial charge on any atom is 0.129 e. The third-order valence-corrected chi connectivity index (χ3v) is 3.91. The van der Waals surface area contributed by atoms with Gasteiger partial charge in [0.1, 0.15) is 5.82 Å². The van der Waals surface area contributed by atoms with Crippen LogP contribution in [0.3, 0.4) is 0 Å². The normalized spacial score (nSPS) is 10.8. The minimum absolute atomic E-state index is 0.710. The van der Waals surface area contributed by atoms with Gasteiger partial charge in [0.25, 0.3) is 0 Å². The van der Waals surface area contributed by atoms with Gasteiger partial charge in [0, 0.05) is 28.5 Å². The first-order chi connectivity index (χ1) is 9.22. The van der Waals surface area contributed by atoms with Crippen molar-refractivity contribution >= 4 is 39.7 Å². The number of halogens is 1. The van der Waals surface area contributed by atoms with Crippen LogP contribution in [0.25, 0.3) is 10.9 Å². The molecular weight excluding hydrogens is 278 g/mol. The van der Waals surface area contributed by atoms with Crippen LogP contribution in [0.5, 0.6) is 0 Å². The molecule has 0 spiro atoms. The van der Waals surface area contributed by atoms with Gasteiger partial charge in [-0.25, -0.2) is 4.98 Å². The molecule has 0 unspecified atom stereocenters. The van der Waals surface area contributed by atoms with Crippen LogP contribution < -0.4 is 4.90 Å². The second-order valence-corrected chi connectivity index (χ2v) is 5.74. The van der Waals surface area contributed by atoms with Crippen molar-refractivity contribution in [2.75, 3.05) is 11.9 Å². The molecule has 0 saturated carbocycles. The average molecular weight is 290 g/mol. The highest BCUT2D eigenvalue weighted by Gasteiger charge is 2.06. The molecule has 0 atom stereocenters. The molecule has 2 heterocycles. The van der Waals surface area contributed by atoms with Crippen LogP contribution in [-0.2, 0) is 6.54 Å². The molecule has 1 aromatic carbocycles. The van der Waals surface area contributed by atoms with Crippen LogP contribution in [0, 0.1) is 0 Å². The van der Waals surface area contributed by atoms with Crippen LogP contribution in [0.2, 0.25) is 5.02 Å². The zero-order valence-electron chi connectivity index (χ0n) is 10.4. The number of fused-ring (bicyclic) bond motifs is 1. The summed E-state index contributed by atoms with van der Waals surface area (Å²) in [6.07, 6.45) is 1.89. The van der Waals surface area contributed by atoms with E-state index >= 15 is 0 Å². The Labute approximate surface area is 120 Å². The lowest BCUT2D eigenvalue weighted by molar-refractivity contribution is 0.915. The number of benzene rings is 1. The minimum Gasteiger partial charge on any atom is -0.354 e. The number of nitrogens with zero attached hydrogens (tertiary/aromatic N) is 3. The van der Waals surface area contributed by atoms with E-state index in [1.807, 2.05) is 43.0 Å². The standard InChI is InChI=1S/C14H12ClN3S/c1-18(8-12-7-16-9-19-12)14-5-3-10-2-4-11(15)6-13(10)17-14/h2-7,9H,8H2,1H3. The third-order valence-electron chi connectivity index (χ3n) is 2.91. The molecule has 3 nitrogen and oxygen atoms in total. The Morgan fingerprint density at radius 2 is 2.11 bits per heavy atom. The number of aromatic nitrogens is 2. The Hall–Kier alpha value is -1.65. The molecule has 19 heavy (non-hydrogen) atoms. The van der Waals surface area contributed by atoms with Gasteiger partial charge in [-0.1, -0.05) is 17.7 Å². The smallest absolute Gasteiger partial charge is 0.129 e. The molecule has 0 amide bonds. The van der Waals surface area contributed by atoms with Crippen molar-refractivity contribution in [3.05, 3.63) is 51.9 Å². The summed E-state index contributed by atoms with van der Waals surface area (Å²) in [6.45, 7) is 0.809. The zero-order chi connectivity index (χ0) is 13.2. The molecule has 0 N–H and O–H groups in total. The van der Waals surface area contributed by atoms with Gasteiger partial charge in [-0.3, -0.25) is 4.98 Å². The fraction of sp³-hybridized carbons (Fsp3) is 0.143. The summed E-state index contributed by atoms with van der Waals surface area (Å²) in [5, 5.41) is 1.81. The van der Waals surface area contributed by atoms with Gasteiger partial charge in [-0.15, -0.1) is 11.3 Å². The van der Waals surface area contributed by atoms with Crippen LogP contribution in [0.4, 0.5) is 5.82 Å². The van der Waals surface area contributed by atoms with Crippen molar-refractivity contribution < 1.29 is 0 Å². The van der Waals surface area contributed by atoms with Crippen molar-refractivity contribution in [2.45, 2.75) is 6.54 Å². The van der Waals surface area contributed by atoms with E-state index in [9.17, 15) is 0 Å². The maximum atomic E-state index is 6.01. The van der Waals surface area contributed by atoms with Crippen molar-refractivity contribution in [1.82, 2.24) is 9.97 Å². The Kier molecular flexibility index (Phi) is 3.36. The number of hydrogen-bond donors (Lipinski definition) is 0. The molecule has 0 saturated heterocycles. The molecule has 2 aromatic heterocycles. The van der Waals surface area contributed by atoms with E-state index in [-0.39, 0.29) is 0 Å². The SMILES string of the molecule is CN(Cc1cncs1)c1ccc2ccc(Cl)cc2n1. The fourth-order valence-electron chi connectivity index (χ4n) is 1.93. The van der Waals surface area contributed by atoms with E-state index in [1.54, 1.807) is 11.3 Å². The van der Waals surface area contributed by atoms with Gasteiger partial charge >= 0.3 is 0 Å². The van der Waals surface area contributed by atoms with E-state index in [0.717, 1.165) is 23.3 Å². The third kappa shape index (κ3) is 2.69. The van der Waals surface area contributed by atoms with Gasteiger partial charge in [0.2, 0.25) is 0 Å². The van der Waals surface area contributed by atoms with Crippen LogP contribution in [0.15, 0.2) is 42.0 Å². The highest BCUT2D eigenvalue weighted by atomic mass is 35.5. The molecule has 5 heteroatoms. The summed E-state index contributed by atoms with van der Waals surface area (Å²) in [5.74, 6) is 0.933. The van der Waals surface area contributed by atoms with Crippen LogP contribution >= 0.6 is 22.9 Å². The molecule has 0 bridgehead atoms. The van der Waals surface area contributed by atoms with E-state index in [0.29, 0.717) is 5.02 Å². The predicted octanol–water partition coefficient (Wildman–Crippen LogP) is 3.98. The molecule has 0 fully saturated rings. The highest BCUT2D eigenvalue weighted by Crippen LogP contribution is 2.22. The van der Waals surface area contributed by atoms with E-state index in [4.69, 9.17) is 11.6 Å². The highest BCUT2D eigenvalue weighted by molar-refractivity contribution is 7.09. The van der Waals surface area contributed by atoms with Crippen molar-refractivity contribution in [1.29, 1.82) is 0 Å². The quantitative estimate of drug-likeness (QED) is 0.730. The maximum absolute atomic E-state index is 6.01. The first-order valence-corrected chi connectivity index (χ1v) is 7.13. The number of anilines is 1. The van der Waals surface area contributed by atoms with E-state index < -0.39 is 0 Å². The monoisotopic (exact) mass is 289 g/mol. The minimum atomic E-state index is 0.710. The van der Waals surface area contributed by atoms with Gasteiger partial charge in [0.05, 0.1) is 17.6 Å². The lowest BCUT2D eigenvalue weighted by Gasteiger charge is -2.17. The molecule has 0 aliphatic heterocycles. The molecule has 0 aliphatic rings. The number of rotatable bonds is 3. The summed E-state index contributed by atoms with van der Waals surface area (Å²) >= 11 is 7.66. The summed E-state index contributed by atoms with van der Waals surface area (Å²) < 4.78 is 0. The first kappa shape index (κ1) is 12.4. The molecule has 0 aliphatic carbocycles. The largest absolute Gasteiger partial charge is 0.354 e. The predicted molar refractivity (Wildman–Crippen MR) is 81.0 cm³/mol. The topological polar surface area (TPSA) is 29.0 Å². The molecular formula is C14H12ClN3S. The van der Waals surface area contributed by atoms with Crippen molar-refractivity contribution in [3.8, 4) is 0 Å². The fourth-order valence-corrected chi connectivity index (χ4v) is 2.74. The number of thiazole rings is 1. The lowest BCUT2D eigenvalue weighted by atomic mass is 10.2. The van der Waals surface area contributed by atoms with Gasteiger partial charge in [-0.2, -0.15) is 0 Å². The number of pyridine rings is 1. The summed E-state index contributed by atoms with van der Waals surface area (Å²) in [5.41, 5.74) is 2.76. The average Bonchev–Trinajstić information content (AvgIpc) is 2.90. The second kappa shape index (κ2) is 5.15. The van der Waals surface area contributed by atoms with Gasteiger partial charge < -0.3 is 4.90 Å². The Morgan fingerprint density at radius 1 is 1.26 bits per heavy atom.